The van der Waals surface area contributed by atoms with Crippen LogP contribution in [0.5, 0.6) is 5.75 Å². The first-order valence-corrected chi connectivity index (χ1v) is 6.04. The molecule has 0 amide bonds. The van der Waals surface area contributed by atoms with Gasteiger partial charge >= 0.3 is 5.97 Å². The molecule has 1 heterocycles. The van der Waals surface area contributed by atoms with Crippen molar-refractivity contribution in [1.82, 2.24) is 0 Å². The second-order valence-corrected chi connectivity index (χ2v) is 4.85. The molecule has 2 aromatic rings. The first kappa shape index (κ1) is 11.0. The minimum atomic E-state index is -0.164. The highest BCUT2D eigenvalue weighted by Crippen LogP contribution is 2.31. The van der Waals surface area contributed by atoms with Gasteiger partial charge in [0.05, 0.1) is 6.42 Å². The number of carbonyl (C=O) groups is 1. The molecule has 3 rings (SSSR count). The summed E-state index contributed by atoms with van der Waals surface area (Å²) in [6, 6.07) is 12.4. The topological polar surface area (TPSA) is 26.3 Å². The SMILES string of the molecule is Cc1cc(C)cc(-c2ccc3c(c2)CC(=O)O3)c1. The Labute approximate surface area is 106 Å². The Hall–Kier alpha value is -2.09. The van der Waals surface area contributed by atoms with Gasteiger partial charge in [-0.1, -0.05) is 35.4 Å². The van der Waals surface area contributed by atoms with Crippen molar-refractivity contribution >= 4 is 5.97 Å². The van der Waals surface area contributed by atoms with Gasteiger partial charge in [-0.05, 0) is 37.1 Å². The molecular formula is C16H14O2. The van der Waals surface area contributed by atoms with Gasteiger partial charge in [-0.25, -0.2) is 0 Å². The molecule has 0 saturated heterocycles. The summed E-state index contributed by atoms with van der Waals surface area (Å²) < 4.78 is 5.11. The fourth-order valence-electron chi connectivity index (χ4n) is 2.45. The second-order valence-electron chi connectivity index (χ2n) is 4.85. The zero-order valence-electron chi connectivity index (χ0n) is 10.5. The maximum atomic E-state index is 11.2. The van der Waals surface area contributed by atoms with Crippen LogP contribution in [0.1, 0.15) is 16.7 Å². The highest BCUT2D eigenvalue weighted by molar-refractivity contribution is 5.82. The van der Waals surface area contributed by atoms with Crippen molar-refractivity contribution in [3.05, 3.63) is 53.1 Å². The van der Waals surface area contributed by atoms with Crippen molar-refractivity contribution in [2.24, 2.45) is 0 Å². The molecule has 0 N–H and O–H groups in total. The number of esters is 1. The molecule has 0 radical (unpaired) electrons. The van der Waals surface area contributed by atoms with Crippen LogP contribution >= 0.6 is 0 Å². The molecular weight excluding hydrogens is 224 g/mol. The Morgan fingerprint density at radius 2 is 1.67 bits per heavy atom. The molecule has 0 aromatic heterocycles. The molecule has 0 unspecified atom stereocenters. The van der Waals surface area contributed by atoms with E-state index < -0.39 is 0 Å². The van der Waals surface area contributed by atoms with Crippen LogP contribution in [0.2, 0.25) is 0 Å². The van der Waals surface area contributed by atoms with E-state index in [9.17, 15) is 4.79 Å². The summed E-state index contributed by atoms with van der Waals surface area (Å²) >= 11 is 0. The molecule has 0 atom stereocenters. The average Bonchev–Trinajstić information content (AvgIpc) is 2.66. The lowest BCUT2D eigenvalue weighted by molar-refractivity contribution is -0.131. The zero-order chi connectivity index (χ0) is 12.7. The number of rotatable bonds is 1. The van der Waals surface area contributed by atoms with Crippen LogP contribution in [0.25, 0.3) is 11.1 Å². The predicted molar refractivity (Wildman–Crippen MR) is 70.7 cm³/mol. The molecule has 0 aliphatic carbocycles. The van der Waals surface area contributed by atoms with Gasteiger partial charge in [0.2, 0.25) is 0 Å². The van der Waals surface area contributed by atoms with Crippen LogP contribution in [0.4, 0.5) is 0 Å². The highest BCUT2D eigenvalue weighted by atomic mass is 16.5. The first-order chi connectivity index (χ1) is 8.61. The van der Waals surface area contributed by atoms with E-state index in [0.717, 1.165) is 11.1 Å². The van der Waals surface area contributed by atoms with Crippen LogP contribution in [0.15, 0.2) is 36.4 Å². The fourth-order valence-corrected chi connectivity index (χ4v) is 2.45. The van der Waals surface area contributed by atoms with E-state index in [-0.39, 0.29) is 5.97 Å². The van der Waals surface area contributed by atoms with Crippen molar-refractivity contribution in [2.75, 3.05) is 0 Å². The minimum Gasteiger partial charge on any atom is -0.426 e. The van der Waals surface area contributed by atoms with Crippen molar-refractivity contribution in [2.45, 2.75) is 20.3 Å². The summed E-state index contributed by atoms with van der Waals surface area (Å²) in [5, 5.41) is 0. The van der Waals surface area contributed by atoms with E-state index in [1.807, 2.05) is 12.1 Å². The van der Waals surface area contributed by atoms with Crippen LogP contribution in [-0.2, 0) is 11.2 Å². The standard InChI is InChI=1S/C16H14O2/c1-10-5-11(2)7-13(6-10)12-3-4-15-14(8-12)9-16(17)18-15/h3-8H,9H2,1-2H3. The quantitative estimate of drug-likeness (QED) is 0.562. The first-order valence-electron chi connectivity index (χ1n) is 6.04. The van der Waals surface area contributed by atoms with Gasteiger partial charge in [-0.2, -0.15) is 0 Å². The van der Waals surface area contributed by atoms with Gasteiger partial charge < -0.3 is 4.74 Å². The van der Waals surface area contributed by atoms with Crippen LogP contribution < -0.4 is 4.74 Å². The third kappa shape index (κ3) is 1.90. The van der Waals surface area contributed by atoms with Crippen LogP contribution in [0.3, 0.4) is 0 Å². The van der Waals surface area contributed by atoms with Gasteiger partial charge in [0, 0.05) is 5.56 Å². The molecule has 90 valence electrons. The fraction of sp³-hybridized carbons (Fsp3) is 0.188. The Morgan fingerprint density at radius 3 is 2.39 bits per heavy atom. The molecule has 2 nitrogen and oxygen atoms in total. The molecule has 0 bridgehead atoms. The summed E-state index contributed by atoms with van der Waals surface area (Å²) in [6.07, 6.45) is 0.383. The lowest BCUT2D eigenvalue weighted by Gasteiger charge is -2.06. The van der Waals surface area contributed by atoms with Crippen molar-refractivity contribution in [3.63, 3.8) is 0 Å². The summed E-state index contributed by atoms with van der Waals surface area (Å²) in [7, 11) is 0. The van der Waals surface area contributed by atoms with Crippen molar-refractivity contribution in [1.29, 1.82) is 0 Å². The Morgan fingerprint density at radius 1 is 0.944 bits per heavy atom. The number of hydrogen-bond acceptors (Lipinski definition) is 2. The van der Waals surface area contributed by atoms with E-state index in [1.165, 1.54) is 16.7 Å². The zero-order valence-corrected chi connectivity index (χ0v) is 10.5. The maximum Gasteiger partial charge on any atom is 0.315 e. The number of benzene rings is 2. The number of fused-ring (bicyclic) bond motifs is 1. The van der Waals surface area contributed by atoms with Gasteiger partial charge in [-0.3, -0.25) is 4.79 Å². The van der Waals surface area contributed by atoms with E-state index in [4.69, 9.17) is 4.74 Å². The number of hydrogen-bond donors (Lipinski definition) is 0. The number of carbonyl (C=O) groups excluding carboxylic acids is 1. The molecule has 0 fully saturated rings. The number of ether oxygens (including phenoxy) is 1. The van der Waals surface area contributed by atoms with E-state index in [2.05, 4.69) is 38.1 Å². The largest absolute Gasteiger partial charge is 0.426 e. The van der Waals surface area contributed by atoms with Gasteiger partial charge in [0.1, 0.15) is 5.75 Å². The van der Waals surface area contributed by atoms with E-state index >= 15 is 0 Å². The van der Waals surface area contributed by atoms with E-state index in [1.54, 1.807) is 0 Å². The van der Waals surface area contributed by atoms with Crippen molar-refractivity contribution < 1.29 is 9.53 Å². The van der Waals surface area contributed by atoms with Gasteiger partial charge in [0.25, 0.3) is 0 Å². The lowest BCUT2D eigenvalue weighted by Crippen LogP contribution is -2.00. The highest BCUT2D eigenvalue weighted by Gasteiger charge is 2.20. The molecule has 18 heavy (non-hydrogen) atoms. The van der Waals surface area contributed by atoms with Crippen LogP contribution in [-0.4, -0.2) is 5.97 Å². The molecule has 1 aliphatic rings. The Bertz CT molecular complexity index is 621. The van der Waals surface area contributed by atoms with Gasteiger partial charge in [-0.15, -0.1) is 0 Å². The van der Waals surface area contributed by atoms with E-state index in [0.29, 0.717) is 12.2 Å². The second kappa shape index (κ2) is 3.98. The Balaban J connectivity index is 2.08. The van der Waals surface area contributed by atoms with Crippen LogP contribution in [0, 0.1) is 13.8 Å². The Kier molecular flexibility index (Phi) is 2.44. The van der Waals surface area contributed by atoms with Crippen molar-refractivity contribution in [3.8, 4) is 16.9 Å². The minimum absolute atomic E-state index is 0.164. The lowest BCUT2D eigenvalue weighted by atomic mass is 9.98. The molecule has 0 saturated carbocycles. The number of aryl methyl sites for hydroxylation is 2. The molecule has 1 aliphatic heterocycles. The third-order valence-electron chi connectivity index (χ3n) is 3.17. The molecule has 2 heteroatoms. The summed E-state index contributed by atoms with van der Waals surface area (Å²) in [6.45, 7) is 4.19. The summed E-state index contributed by atoms with van der Waals surface area (Å²) in [5.41, 5.74) is 5.81. The molecule has 2 aromatic carbocycles. The average molecular weight is 238 g/mol. The molecule has 0 spiro atoms. The maximum absolute atomic E-state index is 11.2. The third-order valence-corrected chi connectivity index (χ3v) is 3.17. The summed E-state index contributed by atoms with van der Waals surface area (Å²) in [5.74, 6) is 0.538. The predicted octanol–water partition coefficient (Wildman–Crippen LogP) is 3.43. The van der Waals surface area contributed by atoms with Gasteiger partial charge in [0.15, 0.2) is 0 Å². The normalized spacial score (nSPS) is 13.3. The smallest absolute Gasteiger partial charge is 0.315 e. The summed E-state index contributed by atoms with van der Waals surface area (Å²) in [4.78, 5) is 11.2. The monoisotopic (exact) mass is 238 g/mol.